The summed E-state index contributed by atoms with van der Waals surface area (Å²) < 4.78 is 0. The smallest absolute Gasteiger partial charge is 0.251 e. The van der Waals surface area contributed by atoms with Gasteiger partial charge in [-0.3, -0.25) is 4.79 Å². The fourth-order valence-corrected chi connectivity index (χ4v) is 3.13. The molecule has 0 atom stereocenters. The van der Waals surface area contributed by atoms with Gasteiger partial charge in [-0.2, -0.15) is 0 Å². The lowest BCUT2D eigenvalue weighted by atomic mass is 10.1. The molecule has 0 heterocycles. The van der Waals surface area contributed by atoms with E-state index >= 15 is 0 Å². The number of nitrogens with one attached hydrogen (secondary N) is 1. The van der Waals surface area contributed by atoms with E-state index in [0.29, 0.717) is 22.2 Å². The minimum Gasteiger partial charge on any atom is -0.352 e. The average molecular weight is 358 g/mol. The van der Waals surface area contributed by atoms with Gasteiger partial charge in [-0.25, -0.2) is 0 Å². The van der Waals surface area contributed by atoms with Gasteiger partial charge in [0.1, 0.15) is 0 Å². The summed E-state index contributed by atoms with van der Waals surface area (Å²) in [5, 5.41) is 3.90. The highest BCUT2D eigenvalue weighted by Gasteiger charge is 2.06. The Labute approximate surface area is 150 Å². The maximum absolute atomic E-state index is 12.0. The second-order valence-electron chi connectivity index (χ2n) is 6.10. The van der Waals surface area contributed by atoms with Crippen LogP contribution in [0.25, 0.3) is 0 Å². The van der Waals surface area contributed by atoms with Crippen molar-refractivity contribution < 1.29 is 4.79 Å². The molecule has 0 unspecified atom stereocenters. The van der Waals surface area contributed by atoms with Crippen LogP contribution in [0.2, 0.25) is 10.0 Å². The normalized spacial score (nSPS) is 10.7. The van der Waals surface area contributed by atoms with E-state index in [0.717, 1.165) is 6.42 Å². The maximum atomic E-state index is 12.0. The fraction of sp³-hybridized carbons (Fsp3) is 0.632. The van der Waals surface area contributed by atoms with E-state index in [1.807, 2.05) is 0 Å². The van der Waals surface area contributed by atoms with E-state index in [1.165, 1.54) is 57.8 Å². The number of carbonyl (C=O) groups excluding carboxylic acids is 1. The number of halogens is 2. The summed E-state index contributed by atoms with van der Waals surface area (Å²) in [6.07, 6.45) is 12.9. The largest absolute Gasteiger partial charge is 0.352 e. The minimum atomic E-state index is -0.106. The van der Waals surface area contributed by atoms with Gasteiger partial charge in [0.05, 0.1) is 0 Å². The van der Waals surface area contributed by atoms with Crippen molar-refractivity contribution in [3.05, 3.63) is 33.8 Å². The summed E-state index contributed by atoms with van der Waals surface area (Å²) in [7, 11) is 0. The number of rotatable bonds is 12. The number of hydrogen-bond acceptors (Lipinski definition) is 1. The summed E-state index contributed by atoms with van der Waals surface area (Å²) >= 11 is 11.8. The molecule has 0 spiro atoms. The maximum Gasteiger partial charge on any atom is 0.251 e. The van der Waals surface area contributed by atoms with Crippen molar-refractivity contribution >= 4 is 29.1 Å². The third-order valence-corrected chi connectivity index (χ3v) is 4.38. The highest BCUT2D eigenvalue weighted by Crippen LogP contribution is 2.19. The van der Waals surface area contributed by atoms with Crippen LogP contribution in [0.3, 0.4) is 0 Å². The van der Waals surface area contributed by atoms with Crippen LogP contribution in [0.4, 0.5) is 0 Å². The predicted octanol–water partition coefficient (Wildman–Crippen LogP) is 6.64. The molecule has 0 aliphatic carbocycles. The first-order chi connectivity index (χ1) is 11.1. The van der Waals surface area contributed by atoms with Gasteiger partial charge < -0.3 is 5.32 Å². The molecule has 1 aromatic carbocycles. The molecular formula is C19H29Cl2NO. The van der Waals surface area contributed by atoms with E-state index in [1.54, 1.807) is 18.2 Å². The summed E-state index contributed by atoms with van der Waals surface area (Å²) in [5.74, 6) is -0.106. The van der Waals surface area contributed by atoms with E-state index in [9.17, 15) is 4.79 Å². The van der Waals surface area contributed by atoms with E-state index in [4.69, 9.17) is 23.2 Å². The van der Waals surface area contributed by atoms with Gasteiger partial charge >= 0.3 is 0 Å². The summed E-state index contributed by atoms with van der Waals surface area (Å²) in [5.41, 5.74) is 0.523. The highest BCUT2D eigenvalue weighted by molar-refractivity contribution is 6.35. The molecule has 1 amide bonds. The number of hydrogen-bond donors (Lipinski definition) is 1. The molecule has 2 nitrogen and oxygen atoms in total. The second kappa shape index (κ2) is 12.7. The number of carbonyl (C=O) groups is 1. The van der Waals surface area contributed by atoms with E-state index < -0.39 is 0 Å². The zero-order valence-electron chi connectivity index (χ0n) is 14.2. The lowest BCUT2D eigenvalue weighted by Crippen LogP contribution is -2.24. The zero-order valence-corrected chi connectivity index (χ0v) is 15.7. The zero-order chi connectivity index (χ0) is 16.9. The van der Waals surface area contributed by atoms with E-state index in [2.05, 4.69) is 12.2 Å². The molecular weight excluding hydrogens is 329 g/mol. The van der Waals surface area contributed by atoms with Crippen molar-refractivity contribution in [3.63, 3.8) is 0 Å². The van der Waals surface area contributed by atoms with Crippen molar-refractivity contribution in [2.75, 3.05) is 6.54 Å². The Bertz CT molecular complexity index is 442. The molecule has 0 aliphatic rings. The topological polar surface area (TPSA) is 29.1 Å². The lowest BCUT2D eigenvalue weighted by Gasteiger charge is -2.06. The molecule has 4 heteroatoms. The van der Waals surface area contributed by atoms with Gasteiger partial charge in [-0.1, -0.05) is 87.9 Å². The molecule has 1 rings (SSSR count). The molecule has 0 aliphatic heterocycles. The number of unbranched alkanes of at least 4 members (excludes halogenated alkanes) is 9. The van der Waals surface area contributed by atoms with Gasteiger partial charge in [0.15, 0.2) is 0 Å². The van der Waals surface area contributed by atoms with Gasteiger partial charge in [-0.15, -0.1) is 0 Å². The molecule has 0 saturated carbocycles. The van der Waals surface area contributed by atoms with Crippen molar-refractivity contribution in [1.82, 2.24) is 5.32 Å². The van der Waals surface area contributed by atoms with Crippen LogP contribution in [0.1, 0.15) is 81.5 Å². The first-order valence-electron chi connectivity index (χ1n) is 8.87. The first kappa shape index (κ1) is 20.3. The molecule has 0 saturated heterocycles. The Morgan fingerprint density at radius 2 is 1.30 bits per heavy atom. The molecule has 130 valence electrons. The van der Waals surface area contributed by atoms with Gasteiger partial charge in [0, 0.05) is 22.2 Å². The summed E-state index contributed by atoms with van der Waals surface area (Å²) in [4.78, 5) is 12.0. The molecule has 1 N–H and O–H groups in total. The molecule has 0 bridgehead atoms. The molecule has 0 radical (unpaired) electrons. The fourth-order valence-electron chi connectivity index (χ4n) is 2.60. The predicted molar refractivity (Wildman–Crippen MR) is 101 cm³/mol. The third-order valence-electron chi connectivity index (χ3n) is 3.94. The van der Waals surface area contributed by atoms with Crippen molar-refractivity contribution in [1.29, 1.82) is 0 Å². The monoisotopic (exact) mass is 357 g/mol. The van der Waals surface area contributed by atoms with Crippen LogP contribution in [-0.2, 0) is 0 Å². The number of benzene rings is 1. The molecule has 1 aromatic rings. The van der Waals surface area contributed by atoms with Crippen LogP contribution in [0, 0.1) is 0 Å². The SMILES string of the molecule is CCCCCCCCCCCCNC(=O)c1cc(Cl)cc(Cl)c1. The van der Waals surface area contributed by atoms with Crippen LogP contribution >= 0.6 is 23.2 Å². The van der Waals surface area contributed by atoms with Crippen molar-refractivity contribution in [2.24, 2.45) is 0 Å². The Kier molecular flexibility index (Phi) is 11.2. The highest BCUT2D eigenvalue weighted by atomic mass is 35.5. The van der Waals surface area contributed by atoms with Crippen LogP contribution in [-0.4, -0.2) is 12.5 Å². The second-order valence-corrected chi connectivity index (χ2v) is 6.97. The Morgan fingerprint density at radius 3 is 1.83 bits per heavy atom. The Morgan fingerprint density at radius 1 is 0.826 bits per heavy atom. The molecule has 0 fully saturated rings. The summed E-state index contributed by atoms with van der Waals surface area (Å²) in [6.45, 7) is 2.96. The molecule has 0 aromatic heterocycles. The van der Waals surface area contributed by atoms with Crippen LogP contribution in [0.5, 0.6) is 0 Å². The average Bonchev–Trinajstić information content (AvgIpc) is 2.51. The van der Waals surface area contributed by atoms with Crippen molar-refractivity contribution in [3.8, 4) is 0 Å². The van der Waals surface area contributed by atoms with Crippen LogP contribution < -0.4 is 5.32 Å². The molecule has 23 heavy (non-hydrogen) atoms. The van der Waals surface area contributed by atoms with Gasteiger partial charge in [-0.05, 0) is 24.6 Å². The van der Waals surface area contributed by atoms with E-state index in [-0.39, 0.29) is 5.91 Å². The van der Waals surface area contributed by atoms with Gasteiger partial charge in [0.2, 0.25) is 0 Å². The number of amides is 1. The Hall–Kier alpha value is -0.730. The standard InChI is InChI=1S/C19H29Cl2NO/c1-2-3-4-5-6-7-8-9-10-11-12-22-19(23)16-13-17(20)15-18(21)14-16/h13-15H,2-12H2,1H3,(H,22,23). The van der Waals surface area contributed by atoms with Crippen molar-refractivity contribution in [2.45, 2.75) is 71.1 Å². The van der Waals surface area contributed by atoms with Crippen LogP contribution in [0.15, 0.2) is 18.2 Å². The van der Waals surface area contributed by atoms with Gasteiger partial charge in [0.25, 0.3) is 5.91 Å². The lowest BCUT2D eigenvalue weighted by molar-refractivity contribution is 0.0953. The third kappa shape index (κ3) is 9.88. The summed E-state index contributed by atoms with van der Waals surface area (Å²) in [6, 6.07) is 4.91. The Balaban J connectivity index is 2.01. The first-order valence-corrected chi connectivity index (χ1v) is 9.63. The quantitative estimate of drug-likeness (QED) is 0.417. The minimum absolute atomic E-state index is 0.106.